The lowest BCUT2D eigenvalue weighted by molar-refractivity contribution is 0.781. The molecule has 0 spiro atoms. The maximum absolute atomic E-state index is 8.68. The minimum atomic E-state index is 0.249. The molecule has 0 amide bonds. The summed E-state index contributed by atoms with van der Waals surface area (Å²) in [7, 11) is 0. The number of nitrogens with zero attached hydrogens (tertiary/aromatic N) is 3. The van der Waals surface area contributed by atoms with E-state index in [1.54, 1.807) is 6.20 Å². The maximum atomic E-state index is 8.68. The quantitative estimate of drug-likeness (QED) is 0.924. The summed E-state index contributed by atoms with van der Waals surface area (Å²) in [6, 6.07) is 8.79. The molecule has 20 heavy (non-hydrogen) atoms. The van der Waals surface area contributed by atoms with Crippen molar-refractivity contribution in [3.63, 3.8) is 0 Å². The first kappa shape index (κ1) is 14.0. The number of aromatic nitrogens is 2. The fraction of sp³-hybridized carbons (Fsp3) is 0.312. The molecule has 4 nitrogen and oxygen atoms in total. The molecule has 0 aliphatic carbocycles. The van der Waals surface area contributed by atoms with Crippen LogP contribution in [0, 0.1) is 25.2 Å². The van der Waals surface area contributed by atoms with E-state index >= 15 is 0 Å². The number of hydrogen-bond acceptors (Lipinski definition) is 4. The van der Waals surface area contributed by atoms with Gasteiger partial charge in [0.05, 0.1) is 12.4 Å². The van der Waals surface area contributed by atoms with Crippen LogP contribution in [0.2, 0.25) is 0 Å². The molecule has 4 heteroatoms. The van der Waals surface area contributed by atoms with Crippen LogP contribution in [-0.4, -0.2) is 16.0 Å². The molecule has 1 heterocycles. The maximum Gasteiger partial charge on any atom is 0.158 e. The highest BCUT2D eigenvalue weighted by Gasteiger charge is 2.06. The average molecular weight is 266 g/mol. The van der Waals surface area contributed by atoms with E-state index in [0.29, 0.717) is 11.5 Å². The van der Waals surface area contributed by atoms with Gasteiger partial charge in [0.15, 0.2) is 5.69 Å². The molecule has 1 unspecified atom stereocenters. The number of benzene rings is 1. The van der Waals surface area contributed by atoms with Gasteiger partial charge < -0.3 is 5.32 Å². The van der Waals surface area contributed by atoms with Gasteiger partial charge >= 0.3 is 0 Å². The van der Waals surface area contributed by atoms with E-state index in [4.69, 9.17) is 5.26 Å². The molecule has 102 valence electrons. The first-order valence-corrected chi connectivity index (χ1v) is 6.62. The molecule has 2 aromatic rings. The third-order valence-electron chi connectivity index (χ3n) is 2.98. The Labute approximate surface area is 119 Å². The van der Waals surface area contributed by atoms with Crippen molar-refractivity contribution in [3.8, 4) is 6.07 Å². The van der Waals surface area contributed by atoms with E-state index in [1.165, 1.54) is 22.9 Å². The van der Waals surface area contributed by atoms with Gasteiger partial charge in [0, 0.05) is 6.04 Å². The molecule has 0 saturated heterocycles. The number of rotatable bonds is 4. The first-order chi connectivity index (χ1) is 9.56. The Bertz CT molecular complexity index is 606. The van der Waals surface area contributed by atoms with Crippen LogP contribution in [-0.2, 0) is 6.42 Å². The fourth-order valence-corrected chi connectivity index (χ4v) is 2.30. The molecule has 0 aliphatic heterocycles. The first-order valence-electron chi connectivity index (χ1n) is 6.62. The van der Waals surface area contributed by atoms with Crippen molar-refractivity contribution in [2.45, 2.75) is 33.2 Å². The van der Waals surface area contributed by atoms with Crippen LogP contribution >= 0.6 is 0 Å². The van der Waals surface area contributed by atoms with Crippen LogP contribution in [0.3, 0.4) is 0 Å². The summed E-state index contributed by atoms with van der Waals surface area (Å²) in [5, 5.41) is 12.0. The summed E-state index contributed by atoms with van der Waals surface area (Å²) in [6.45, 7) is 6.33. The highest BCUT2D eigenvalue weighted by Crippen LogP contribution is 2.12. The molecule has 0 radical (unpaired) electrons. The minimum absolute atomic E-state index is 0.249. The van der Waals surface area contributed by atoms with E-state index in [-0.39, 0.29) is 6.04 Å². The summed E-state index contributed by atoms with van der Waals surface area (Å²) in [5.74, 6) is 0.695. The monoisotopic (exact) mass is 266 g/mol. The number of nitrogens with one attached hydrogen (secondary N) is 1. The van der Waals surface area contributed by atoms with E-state index in [9.17, 15) is 0 Å². The largest absolute Gasteiger partial charge is 0.366 e. The van der Waals surface area contributed by atoms with Crippen molar-refractivity contribution in [1.29, 1.82) is 5.26 Å². The Morgan fingerprint density at radius 3 is 2.40 bits per heavy atom. The zero-order valence-corrected chi connectivity index (χ0v) is 12.0. The van der Waals surface area contributed by atoms with Crippen molar-refractivity contribution < 1.29 is 0 Å². The van der Waals surface area contributed by atoms with E-state index in [2.05, 4.69) is 54.3 Å². The predicted octanol–water partition coefficient (Wildman–Crippen LogP) is 3.01. The van der Waals surface area contributed by atoms with E-state index in [1.807, 2.05) is 6.07 Å². The highest BCUT2D eigenvalue weighted by molar-refractivity contribution is 5.35. The molecular formula is C16H18N4. The normalized spacial score (nSPS) is 11.7. The van der Waals surface area contributed by atoms with Crippen LogP contribution < -0.4 is 5.32 Å². The lowest BCUT2D eigenvalue weighted by Crippen LogP contribution is -2.19. The van der Waals surface area contributed by atoms with Gasteiger partial charge in [0.1, 0.15) is 11.9 Å². The molecule has 1 aromatic carbocycles. The van der Waals surface area contributed by atoms with Crippen molar-refractivity contribution in [2.24, 2.45) is 0 Å². The van der Waals surface area contributed by atoms with Gasteiger partial charge in [-0.15, -0.1) is 0 Å². The zero-order valence-electron chi connectivity index (χ0n) is 12.0. The van der Waals surface area contributed by atoms with Gasteiger partial charge in [-0.2, -0.15) is 5.26 Å². The lowest BCUT2D eigenvalue weighted by Gasteiger charge is -2.15. The second-order valence-electron chi connectivity index (χ2n) is 5.14. The molecule has 1 N–H and O–H groups in total. The second-order valence-corrected chi connectivity index (χ2v) is 5.14. The number of hydrogen-bond donors (Lipinski definition) is 1. The molecule has 0 fully saturated rings. The van der Waals surface area contributed by atoms with Crippen molar-refractivity contribution in [1.82, 2.24) is 9.97 Å². The van der Waals surface area contributed by atoms with Crippen molar-refractivity contribution in [3.05, 3.63) is 53.0 Å². The molecule has 0 saturated carbocycles. The van der Waals surface area contributed by atoms with E-state index < -0.39 is 0 Å². The van der Waals surface area contributed by atoms with E-state index in [0.717, 1.165) is 6.42 Å². The average Bonchev–Trinajstić information content (AvgIpc) is 2.38. The topological polar surface area (TPSA) is 61.6 Å². The van der Waals surface area contributed by atoms with Crippen LogP contribution in [0.5, 0.6) is 0 Å². The highest BCUT2D eigenvalue weighted by atomic mass is 15.0. The van der Waals surface area contributed by atoms with Crippen LogP contribution in [0.1, 0.15) is 29.3 Å². The summed E-state index contributed by atoms with van der Waals surface area (Å²) < 4.78 is 0. The molecule has 0 bridgehead atoms. The standard InChI is InChI=1S/C16H18N4/c1-11-4-12(2)6-14(5-11)7-13(3)20-16-10-18-15(8-17)9-19-16/h4-6,9-10,13H,7H2,1-3H3,(H,19,20). The summed E-state index contributed by atoms with van der Waals surface area (Å²) >= 11 is 0. The second kappa shape index (κ2) is 6.16. The Morgan fingerprint density at radius 1 is 1.15 bits per heavy atom. The summed E-state index contributed by atoms with van der Waals surface area (Å²) in [4.78, 5) is 8.17. The Kier molecular flexibility index (Phi) is 4.31. The number of aryl methyl sites for hydroxylation is 2. The predicted molar refractivity (Wildman–Crippen MR) is 79.5 cm³/mol. The molecular weight excluding hydrogens is 248 g/mol. The van der Waals surface area contributed by atoms with Gasteiger partial charge in [0.2, 0.25) is 0 Å². The van der Waals surface area contributed by atoms with Crippen molar-refractivity contribution >= 4 is 5.82 Å². The summed E-state index contributed by atoms with van der Waals surface area (Å²) in [6.07, 6.45) is 3.99. The van der Waals surface area contributed by atoms with Gasteiger partial charge in [-0.05, 0) is 32.8 Å². The van der Waals surface area contributed by atoms with Gasteiger partial charge in [-0.25, -0.2) is 9.97 Å². The van der Waals surface area contributed by atoms with Gasteiger partial charge in [-0.3, -0.25) is 0 Å². The molecule has 1 atom stereocenters. The van der Waals surface area contributed by atoms with Gasteiger partial charge in [0.25, 0.3) is 0 Å². The Morgan fingerprint density at radius 2 is 1.85 bits per heavy atom. The number of anilines is 1. The Hall–Kier alpha value is -2.41. The SMILES string of the molecule is Cc1cc(C)cc(CC(C)Nc2cnc(C#N)cn2)c1. The lowest BCUT2D eigenvalue weighted by atomic mass is 10.0. The fourth-order valence-electron chi connectivity index (χ4n) is 2.30. The third-order valence-corrected chi connectivity index (χ3v) is 2.98. The number of nitriles is 1. The zero-order chi connectivity index (χ0) is 14.5. The third kappa shape index (κ3) is 3.79. The smallest absolute Gasteiger partial charge is 0.158 e. The van der Waals surface area contributed by atoms with Crippen LogP contribution in [0.25, 0.3) is 0 Å². The van der Waals surface area contributed by atoms with Gasteiger partial charge in [-0.1, -0.05) is 29.3 Å². The Balaban J connectivity index is 2.01. The minimum Gasteiger partial charge on any atom is -0.366 e. The van der Waals surface area contributed by atoms with Crippen LogP contribution in [0.4, 0.5) is 5.82 Å². The van der Waals surface area contributed by atoms with Crippen molar-refractivity contribution in [2.75, 3.05) is 5.32 Å². The summed E-state index contributed by atoms with van der Waals surface area (Å²) in [5.41, 5.74) is 4.21. The molecule has 2 rings (SSSR count). The molecule has 1 aromatic heterocycles. The molecule has 0 aliphatic rings. The van der Waals surface area contributed by atoms with Crippen LogP contribution in [0.15, 0.2) is 30.6 Å².